The number of benzene rings is 2. The number of rotatable bonds is 6. The van der Waals surface area contributed by atoms with Gasteiger partial charge in [-0.25, -0.2) is 14.4 Å². The Labute approximate surface area is 207 Å². The lowest BCUT2D eigenvalue weighted by Crippen LogP contribution is -2.16. The van der Waals surface area contributed by atoms with E-state index in [0.717, 1.165) is 6.07 Å². The molecule has 8 nitrogen and oxygen atoms in total. The fourth-order valence-electron chi connectivity index (χ4n) is 4.05. The summed E-state index contributed by atoms with van der Waals surface area (Å²) >= 11 is 0. The molecule has 0 saturated carbocycles. The second-order valence-electron chi connectivity index (χ2n) is 8.27. The fourth-order valence-corrected chi connectivity index (χ4v) is 4.05. The first-order valence-corrected chi connectivity index (χ1v) is 11.0. The topological polar surface area (TPSA) is 100 Å². The number of nitrogens with zero attached hydrogens (tertiary/aromatic N) is 5. The van der Waals surface area contributed by atoms with E-state index < -0.39 is 29.3 Å². The van der Waals surface area contributed by atoms with Crippen LogP contribution in [0, 0.1) is 5.82 Å². The van der Waals surface area contributed by atoms with Crippen molar-refractivity contribution in [2.24, 2.45) is 7.05 Å². The highest BCUT2D eigenvalue weighted by molar-refractivity contribution is 5.76. The van der Waals surface area contributed by atoms with E-state index in [-0.39, 0.29) is 29.4 Å². The fraction of sp³-hybridized carbons (Fsp3) is 0.160. The van der Waals surface area contributed by atoms with Gasteiger partial charge >= 0.3 is 6.18 Å². The largest absolute Gasteiger partial charge is 0.417 e. The summed E-state index contributed by atoms with van der Waals surface area (Å²) in [6.07, 6.45) is -2.15. The van der Waals surface area contributed by atoms with Crippen LogP contribution in [0.3, 0.4) is 0 Å². The van der Waals surface area contributed by atoms with Crippen molar-refractivity contribution in [2.45, 2.75) is 19.0 Å². The van der Waals surface area contributed by atoms with E-state index in [1.165, 1.54) is 33.7 Å². The lowest BCUT2D eigenvalue weighted by Gasteiger charge is -2.20. The number of aliphatic hydroxyl groups is 2. The zero-order chi connectivity index (χ0) is 26.3. The maximum Gasteiger partial charge on any atom is 0.417 e. The number of halogens is 4. The lowest BCUT2D eigenvalue weighted by molar-refractivity contribution is -0.137. The highest BCUT2D eigenvalue weighted by Crippen LogP contribution is 2.39. The summed E-state index contributed by atoms with van der Waals surface area (Å²) in [6, 6.07) is 11.6. The van der Waals surface area contributed by atoms with E-state index in [9.17, 15) is 27.8 Å². The van der Waals surface area contributed by atoms with Crippen LogP contribution in [0.1, 0.15) is 23.2 Å². The van der Waals surface area contributed by atoms with Crippen molar-refractivity contribution >= 4 is 11.3 Å². The van der Waals surface area contributed by atoms with E-state index in [1.54, 1.807) is 31.3 Å². The second kappa shape index (κ2) is 9.30. The number of hydrogen-bond acceptors (Lipinski definition) is 6. The molecule has 0 aliphatic rings. The van der Waals surface area contributed by atoms with Crippen molar-refractivity contribution in [3.8, 4) is 22.5 Å². The third-order valence-corrected chi connectivity index (χ3v) is 5.80. The average molecular weight is 512 g/mol. The van der Waals surface area contributed by atoms with Crippen molar-refractivity contribution in [1.82, 2.24) is 24.1 Å². The molecular weight excluding hydrogens is 492 g/mol. The number of aliphatic hydroxyl groups excluding tert-OH is 2. The van der Waals surface area contributed by atoms with Gasteiger partial charge in [-0.1, -0.05) is 30.3 Å². The molecule has 0 aliphatic carbocycles. The molecule has 0 saturated heterocycles. The van der Waals surface area contributed by atoms with E-state index in [2.05, 4.69) is 20.4 Å². The number of fused-ring (bicyclic) bond motifs is 1. The zero-order valence-corrected chi connectivity index (χ0v) is 19.3. The smallest absolute Gasteiger partial charge is 0.388 e. The first-order chi connectivity index (χ1) is 17.7. The van der Waals surface area contributed by atoms with E-state index >= 15 is 0 Å². The third kappa shape index (κ3) is 4.63. The molecule has 3 heterocycles. The Morgan fingerprint density at radius 2 is 1.86 bits per heavy atom. The number of imidazole rings is 1. The number of anilines is 1. The van der Waals surface area contributed by atoms with Gasteiger partial charge in [0.2, 0.25) is 0 Å². The molecule has 1 unspecified atom stereocenters. The zero-order valence-electron chi connectivity index (χ0n) is 19.3. The van der Waals surface area contributed by atoms with Gasteiger partial charge in [0, 0.05) is 36.1 Å². The standard InChI is InChI=1S/C25H20F4N6O2/c1-34-8-7-19(33-34)15-9-16(18(26)10-17(15)25(27,28)29)24(37)31-20-12-35-21(11-30-22(35)13-36)32-23(20)14-5-3-2-4-6-14/h2-12,24,31,36-37H,13H2,1H3. The Hall–Kier alpha value is -4.29. The van der Waals surface area contributed by atoms with Crippen molar-refractivity contribution in [2.75, 3.05) is 5.32 Å². The van der Waals surface area contributed by atoms with E-state index in [4.69, 9.17) is 0 Å². The summed E-state index contributed by atoms with van der Waals surface area (Å²) in [5.41, 5.74) is -0.331. The van der Waals surface area contributed by atoms with E-state index in [0.29, 0.717) is 23.0 Å². The molecule has 190 valence electrons. The molecule has 5 rings (SSSR count). The average Bonchev–Trinajstić information content (AvgIpc) is 3.48. The van der Waals surface area contributed by atoms with Crippen LogP contribution in [0.5, 0.6) is 0 Å². The van der Waals surface area contributed by atoms with Crippen LogP contribution in [-0.2, 0) is 19.8 Å². The maximum atomic E-state index is 15.0. The molecule has 2 aromatic carbocycles. The number of aromatic nitrogens is 5. The molecule has 0 bridgehead atoms. The first-order valence-electron chi connectivity index (χ1n) is 11.0. The van der Waals surface area contributed by atoms with Crippen LogP contribution in [-0.4, -0.2) is 34.4 Å². The molecule has 0 amide bonds. The molecule has 1 atom stereocenters. The molecular formula is C25H20F4N6O2. The van der Waals surface area contributed by atoms with Crippen LogP contribution < -0.4 is 5.32 Å². The normalized spacial score (nSPS) is 12.7. The molecule has 37 heavy (non-hydrogen) atoms. The third-order valence-electron chi connectivity index (χ3n) is 5.80. The molecule has 3 N–H and O–H groups in total. The van der Waals surface area contributed by atoms with Crippen molar-refractivity contribution < 1.29 is 27.8 Å². The molecule has 0 spiro atoms. The van der Waals surface area contributed by atoms with Crippen molar-refractivity contribution in [1.29, 1.82) is 0 Å². The van der Waals surface area contributed by atoms with Gasteiger partial charge < -0.3 is 15.5 Å². The number of nitrogens with one attached hydrogen (secondary N) is 1. The van der Waals surface area contributed by atoms with Gasteiger partial charge in [0.1, 0.15) is 18.2 Å². The van der Waals surface area contributed by atoms with Gasteiger partial charge in [-0.2, -0.15) is 18.3 Å². The monoisotopic (exact) mass is 512 g/mol. The Kier molecular flexibility index (Phi) is 6.13. The van der Waals surface area contributed by atoms with Crippen molar-refractivity contribution in [3.63, 3.8) is 0 Å². The van der Waals surface area contributed by atoms with Gasteiger partial charge in [0.15, 0.2) is 11.9 Å². The van der Waals surface area contributed by atoms with Crippen LogP contribution >= 0.6 is 0 Å². The van der Waals surface area contributed by atoms with Gasteiger partial charge in [-0.3, -0.25) is 9.08 Å². The van der Waals surface area contributed by atoms with Crippen LogP contribution in [0.15, 0.2) is 67.1 Å². The van der Waals surface area contributed by atoms with Crippen molar-refractivity contribution in [3.05, 3.63) is 89.9 Å². The number of hydrogen-bond donors (Lipinski definition) is 3. The SMILES string of the molecule is Cn1ccc(-c2cc(C(O)Nc3cn4c(CO)ncc4nc3-c3ccccc3)c(F)cc2C(F)(F)F)n1. The Balaban J connectivity index is 1.62. The summed E-state index contributed by atoms with van der Waals surface area (Å²) in [5, 5.41) is 27.4. The predicted octanol–water partition coefficient (Wildman–Crippen LogP) is 4.55. The molecule has 5 aromatic rings. The van der Waals surface area contributed by atoms with Crippen LogP contribution in [0.25, 0.3) is 28.2 Å². The summed E-state index contributed by atoms with van der Waals surface area (Å²) in [5.74, 6) is -0.973. The Morgan fingerprint density at radius 1 is 1.11 bits per heavy atom. The van der Waals surface area contributed by atoms with Crippen LogP contribution in [0.2, 0.25) is 0 Å². The summed E-state index contributed by atoms with van der Waals surface area (Å²) < 4.78 is 58.9. The Morgan fingerprint density at radius 3 is 2.51 bits per heavy atom. The van der Waals surface area contributed by atoms with Gasteiger partial charge in [-0.05, 0) is 18.2 Å². The Bertz CT molecular complexity index is 1580. The minimum Gasteiger partial charge on any atom is -0.388 e. The van der Waals surface area contributed by atoms with Gasteiger partial charge in [0.05, 0.1) is 28.8 Å². The quantitative estimate of drug-likeness (QED) is 0.228. The second-order valence-corrected chi connectivity index (χ2v) is 8.27. The number of alkyl halides is 3. The van der Waals surface area contributed by atoms with Gasteiger partial charge in [0.25, 0.3) is 0 Å². The lowest BCUT2D eigenvalue weighted by atomic mass is 9.99. The molecule has 0 fully saturated rings. The van der Waals surface area contributed by atoms with E-state index in [1.807, 2.05) is 6.07 Å². The summed E-state index contributed by atoms with van der Waals surface area (Å²) in [4.78, 5) is 8.66. The molecule has 12 heteroatoms. The van der Waals surface area contributed by atoms with Crippen LogP contribution in [0.4, 0.5) is 23.2 Å². The molecule has 0 radical (unpaired) electrons. The highest BCUT2D eigenvalue weighted by Gasteiger charge is 2.36. The number of aryl methyl sites for hydroxylation is 1. The minimum atomic E-state index is -4.85. The molecule has 3 aromatic heterocycles. The summed E-state index contributed by atoms with van der Waals surface area (Å²) in [6.45, 7) is -0.385. The minimum absolute atomic E-state index is 0.0256. The summed E-state index contributed by atoms with van der Waals surface area (Å²) in [7, 11) is 1.54. The maximum absolute atomic E-state index is 15.0. The molecule has 0 aliphatic heterocycles. The highest BCUT2D eigenvalue weighted by atomic mass is 19.4. The predicted molar refractivity (Wildman–Crippen MR) is 127 cm³/mol. The van der Waals surface area contributed by atoms with Gasteiger partial charge in [-0.15, -0.1) is 0 Å². The first kappa shape index (κ1) is 24.4.